The van der Waals surface area contributed by atoms with Crippen molar-refractivity contribution in [1.82, 2.24) is 14.4 Å². The number of anilines is 1. The van der Waals surface area contributed by atoms with Crippen LogP contribution < -0.4 is 10.1 Å². The quantitative estimate of drug-likeness (QED) is 0.776. The van der Waals surface area contributed by atoms with Gasteiger partial charge >= 0.3 is 0 Å². The summed E-state index contributed by atoms with van der Waals surface area (Å²) in [6, 6.07) is 5.20. The van der Waals surface area contributed by atoms with Crippen molar-refractivity contribution in [2.45, 2.75) is 26.3 Å². The first-order valence-electron chi connectivity index (χ1n) is 7.37. The van der Waals surface area contributed by atoms with Crippen LogP contribution >= 0.6 is 0 Å². The highest BCUT2D eigenvalue weighted by molar-refractivity contribution is 5.78. The van der Waals surface area contributed by atoms with Gasteiger partial charge in [0.1, 0.15) is 11.5 Å². The maximum absolute atomic E-state index is 9.80. The standard InChI is InChI=1S/C17H20N4O2/c1-17(2,3)20-16-15(19-14-10-18-7-8-21(14)16)11-5-6-12(22)13(9-11)23-4/h5-10,20,22H,1-4H3. The predicted molar refractivity (Wildman–Crippen MR) is 90.0 cm³/mol. The Morgan fingerprint density at radius 1 is 1.26 bits per heavy atom. The van der Waals surface area contributed by atoms with Crippen LogP contribution in [0.4, 0.5) is 5.82 Å². The van der Waals surface area contributed by atoms with Gasteiger partial charge in [-0.3, -0.25) is 9.38 Å². The third-order valence-electron chi connectivity index (χ3n) is 3.38. The lowest BCUT2D eigenvalue weighted by atomic mass is 10.1. The number of benzene rings is 1. The Balaban J connectivity index is 2.22. The summed E-state index contributed by atoms with van der Waals surface area (Å²) in [6.07, 6.45) is 5.32. The zero-order chi connectivity index (χ0) is 16.6. The van der Waals surface area contributed by atoms with E-state index >= 15 is 0 Å². The number of phenols is 1. The smallest absolute Gasteiger partial charge is 0.161 e. The SMILES string of the molecule is COc1cc(-c2nc3cnccn3c2NC(C)(C)C)ccc1O. The molecule has 6 heteroatoms. The molecule has 0 radical (unpaired) electrons. The van der Waals surface area contributed by atoms with E-state index in [9.17, 15) is 5.11 Å². The molecule has 0 aliphatic carbocycles. The predicted octanol–water partition coefficient (Wildman–Crippen LogP) is 3.32. The van der Waals surface area contributed by atoms with Crippen LogP contribution in [0.25, 0.3) is 16.9 Å². The molecule has 0 aliphatic rings. The van der Waals surface area contributed by atoms with Gasteiger partial charge in [0, 0.05) is 23.5 Å². The maximum atomic E-state index is 9.80. The van der Waals surface area contributed by atoms with Crippen LogP contribution in [0, 0.1) is 0 Å². The lowest BCUT2D eigenvalue weighted by Gasteiger charge is -2.22. The Bertz CT molecular complexity index is 849. The fourth-order valence-corrected chi connectivity index (χ4v) is 2.41. The minimum Gasteiger partial charge on any atom is -0.504 e. The highest BCUT2D eigenvalue weighted by atomic mass is 16.5. The van der Waals surface area contributed by atoms with Crippen LogP contribution in [0.1, 0.15) is 20.8 Å². The van der Waals surface area contributed by atoms with Crippen molar-refractivity contribution in [1.29, 1.82) is 0 Å². The molecule has 0 atom stereocenters. The van der Waals surface area contributed by atoms with Crippen molar-refractivity contribution < 1.29 is 9.84 Å². The first-order valence-corrected chi connectivity index (χ1v) is 7.37. The second-order valence-corrected chi connectivity index (χ2v) is 6.38. The van der Waals surface area contributed by atoms with Gasteiger partial charge in [-0.1, -0.05) is 0 Å². The van der Waals surface area contributed by atoms with Crippen LogP contribution in [0.5, 0.6) is 11.5 Å². The molecular weight excluding hydrogens is 292 g/mol. The molecule has 6 nitrogen and oxygen atoms in total. The first kappa shape index (κ1) is 15.1. The largest absolute Gasteiger partial charge is 0.504 e. The zero-order valence-electron chi connectivity index (χ0n) is 13.7. The van der Waals surface area contributed by atoms with Gasteiger partial charge in [-0.05, 0) is 39.0 Å². The molecule has 0 aliphatic heterocycles. The van der Waals surface area contributed by atoms with Gasteiger partial charge in [-0.15, -0.1) is 0 Å². The Labute approximate surface area is 134 Å². The number of methoxy groups -OCH3 is 1. The van der Waals surface area contributed by atoms with Gasteiger partial charge in [-0.2, -0.15) is 0 Å². The summed E-state index contributed by atoms with van der Waals surface area (Å²) in [4.78, 5) is 8.80. The molecule has 0 spiro atoms. The number of nitrogens with one attached hydrogen (secondary N) is 1. The fraction of sp³-hybridized carbons (Fsp3) is 0.294. The number of hydrogen-bond donors (Lipinski definition) is 2. The number of fused-ring (bicyclic) bond motifs is 1. The van der Waals surface area contributed by atoms with E-state index in [0.29, 0.717) is 5.75 Å². The number of rotatable bonds is 3. The zero-order valence-corrected chi connectivity index (χ0v) is 13.7. The molecule has 1 aromatic carbocycles. The lowest BCUT2D eigenvalue weighted by molar-refractivity contribution is 0.373. The summed E-state index contributed by atoms with van der Waals surface area (Å²) < 4.78 is 7.17. The summed E-state index contributed by atoms with van der Waals surface area (Å²) in [5, 5.41) is 13.3. The van der Waals surface area contributed by atoms with Crippen molar-refractivity contribution >= 4 is 11.5 Å². The number of phenolic OH excluding ortho intramolecular Hbond substituents is 1. The Kier molecular flexibility index (Phi) is 3.60. The normalized spacial score (nSPS) is 11.7. The molecule has 2 aromatic heterocycles. The molecule has 120 valence electrons. The number of hydrogen-bond acceptors (Lipinski definition) is 5. The molecule has 3 rings (SSSR count). The molecule has 0 saturated carbocycles. The second kappa shape index (κ2) is 5.46. The summed E-state index contributed by atoms with van der Waals surface area (Å²) in [7, 11) is 1.53. The average Bonchev–Trinajstić information content (AvgIpc) is 2.85. The van der Waals surface area contributed by atoms with Gasteiger partial charge in [0.25, 0.3) is 0 Å². The van der Waals surface area contributed by atoms with Gasteiger partial charge in [0.05, 0.1) is 13.3 Å². The number of aromatic nitrogens is 3. The average molecular weight is 312 g/mol. The summed E-state index contributed by atoms with van der Waals surface area (Å²) >= 11 is 0. The number of aromatic hydroxyl groups is 1. The molecule has 0 fully saturated rings. The van der Waals surface area contributed by atoms with Crippen LogP contribution in [-0.4, -0.2) is 32.1 Å². The molecule has 0 amide bonds. The topological polar surface area (TPSA) is 71.7 Å². The van der Waals surface area contributed by atoms with E-state index in [0.717, 1.165) is 22.7 Å². The first-order chi connectivity index (χ1) is 10.9. The molecule has 2 N–H and O–H groups in total. The van der Waals surface area contributed by atoms with E-state index in [4.69, 9.17) is 4.74 Å². The fourth-order valence-electron chi connectivity index (χ4n) is 2.41. The molecule has 0 unspecified atom stereocenters. The molecular formula is C17H20N4O2. The van der Waals surface area contributed by atoms with Crippen molar-refractivity contribution in [3.05, 3.63) is 36.8 Å². The van der Waals surface area contributed by atoms with Crippen LogP contribution in [0.2, 0.25) is 0 Å². The monoisotopic (exact) mass is 312 g/mol. The molecule has 3 aromatic rings. The number of nitrogens with zero attached hydrogens (tertiary/aromatic N) is 3. The highest BCUT2D eigenvalue weighted by Gasteiger charge is 2.20. The van der Waals surface area contributed by atoms with E-state index < -0.39 is 0 Å². The minimum atomic E-state index is -0.130. The van der Waals surface area contributed by atoms with E-state index in [2.05, 4.69) is 36.1 Å². The van der Waals surface area contributed by atoms with Crippen molar-refractivity contribution in [3.8, 4) is 22.8 Å². The van der Waals surface area contributed by atoms with E-state index in [1.54, 1.807) is 24.5 Å². The maximum Gasteiger partial charge on any atom is 0.161 e. The molecule has 23 heavy (non-hydrogen) atoms. The lowest BCUT2D eigenvalue weighted by Crippen LogP contribution is -2.27. The van der Waals surface area contributed by atoms with E-state index in [1.807, 2.05) is 16.7 Å². The second-order valence-electron chi connectivity index (χ2n) is 6.38. The van der Waals surface area contributed by atoms with Gasteiger partial charge in [-0.25, -0.2) is 4.98 Å². The van der Waals surface area contributed by atoms with Gasteiger partial charge in [0.2, 0.25) is 0 Å². The van der Waals surface area contributed by atoms with E-state index in [-0.39, 0.29) is 11.3 Å². The Morgan fingerprint density at radius 3 is 2.74 bits per heavy atom. The van der Waals surface area contributed by atoms with Crippen LogP contribution in [0.3, 0.4) is 0 Å². The number of imidazole rings is 1. The summed E-state index contributed by atoms with van der Waals surface area (Å²) in [5.41, 5.74) is 2.26. The van der Waals surface area contributed by atoms with Crippen molar-refractivity contribution in [3.63, 3.8) is 0 Å². The third kappa shape index (κ3) is 2.92. The highest BCUT2D eigenvalue weighted by Crippen LogP contribution is 2.35. The third-order valence-corrected chi connectivity index (χ3v) is 3.38. The summed E-state index contributed by atoms with van der Waals surface area (Å²) in [6.45, 7) is 6.28. The van der Waals surface area contributed by atoms with Crippen LogP contribution in [-0.2, 0) is 0 Å². The molecule has 0 bridgehead atoms. The Morgan fingerprint density at radius 2 is 2.04 bits per heavy atom. The van der Waals surface area contributed by atoms with Crippen molar-refractivity contribution in [2.75, 3.05) is 12.4 Å². The molecule has 0 saturated heterocycles. The van der Waals surface area contributed by atoms with Gasteiger partial charge < -0.3 is 15.2 Å². The summed E-state index contributed by atoms with van der Waals surface area (Å²) in [5.74, 6) is 1.40. The molecule has 2 heterocycles. The van der Waals surface area contributed by atoms with Gasteiger partial charge in [0.15, 0.2) is 17.1 Å². The number of ether oxygens (including phenoxy) is 1. The van der Waals surface area contributed by atoms with Crippen molar-refractivity contribution in [2.24, 2.45) is 0 Å². The minimum absolute atomic E-state index is 0.104. The van der Waals surface area contributed by atoms with Crippen LogP contribution in [0.15, 0.2) is 36.8 Å². The Hall–Kier alpha value is -2.76. The van der Waals surface area contributed by atoms with E-state index in [1.165, 1.54) is 7.11 Å².